The standard InChI is InChI=1S/C57H108N2O8/c1-8-11-13-15-17-19-21-23-25-27-29-31-33-35-37-40-53(61)59-47-51(67-55(63)43-42-52(60)58-45-39-44-56(4,5)66-49-57(6,10-3)64-7)46-50(59)48-65-54(62)41-38-36-34-32-30-28-26-24-22-20-18-16-14-12-9-2/h50-51H,8-49H2,1-7H3,(H,58,60)/t50-,51+,57?/m0/s1. The third-order valence-electron chi connectivity index (χ3n) is 14.3. The molecular weight excluding hydrogens is 841 g/mol. The molecule has 0 aromatic carbocycles. The molecule has 1 fully saturated rings. The zero-order valence-electron chi connectivity index (χ0n) is 45.1. The van der Waals surface area contributed by atoms with E-state index in [0.29, 0.717) is 32.4 Å². The topological polar surface area (TPSA) is 120 Å². The van der Waals surface area contributed by atoms with E-state index in [0.717, 1.165) is 57.8 Å². The van der Waals surface area contributed by atoms with Gasteiger partial charge in [0.15, 0.2) is 0 Å². The molecule has 1 aliphatic rings. The third-order valence-corrected chi connectivity index (χ3v) is 14.3. The number of hydrogen-bond donors (Lipinski definition) is 1. The van der Waals surface area contributed by atoms with Crippen LogP contribution in [0.2, 0.25) is 0 Å². The SMILES string of the molecule is CCCCCCCCCCCCCCCCCC(=O)OC[C@@H]1C[C@@H](OC(=O)CCC(=O)NCCCC(C)(C)OCC(C)(CC)OC)CN1C(=O)CCCCCCCCCCCCCCCCC. The molecule has 1 N–H and O–H groups in total. The molecule has 67 heavy (non-hydrogen) atoms. The molecule has 10 heteroatoms. The number of carbonyl (C=O) groups is 4. The molecule has 0 spiro atoms. The van der Waals surface area contributed by atoms with E-state index in [1.807, 2.05) is 20.8 Å². The summed E-state index contributed by atoms with van der Waals surface area (Å²) in [6, 6.07) is -0.326. The summed E-state index contributed by atoms with van der Waals surface area (Å²) in [4.78, 5) is 53.7. The Morgan fingerprint density at radius 1 is 0.552 bits per heavy atom. The minimum Gasteiger partial charge on any atom is -0.463 e. The van der Waals surface area contributed by atoms with Gasteiger partial charge in [0.2, 0.25) is 11.8 Å². The van der Waals surface area contributed by atoms with E-state index in [2.05, 4.69) is 26.1 Å². The van der Waals surface area contributed by atoms with Crippen molar-refractivity contribution in [1.29, 1.82) is 0 Å². The minimum absolute atomic E-state index is 0.0303. The van der Waals surface area contributed by atoms with Crippen LogP contribution in [0.15, 0.2) is 0 Å². The first-order valence-corrected chi connectivity index (χ1v) is 28.5. The Morgan fingerprint density at radius 2 is 1.00 bits per heavy atom. The van der Waals surface area contributed by atoms with E-state index < -0.39 is 12.1 Å². The predicted molar refractivity (Wildman–Crippen MR) is 277 cm³/mol. The number of nitrogens with one attached hydrogen (secondary N) is 1. The number of carbonyl (C=O) groups excluding carboxylic acids is 4. The fraction of sp³-hybridized carbons (Fsp3) is 0.930. The van der Waals surface area contributed by atoms with Crippen molar-refractivity contribution in [3.63, 3.8) is 0 Å². The van der Waals surface area contributed by atoms with Gasteiger partial charge in [0.1, 0.15) is 12.7 Å². The molecule has 0 aromatic rings. The number of methoxy groups -OCH3 is 1. The minimum atomic E-state index is -0.491. The van der Waals surface area contributed by atoms with Gasteiger partial charge in [-0.1, -0.05) is 201 Å². The van der Waals surface area contributed by atoms with Crippen LogP contribution in [0.25, 0.3) is 0 Å². The highest BCUT2D eigenvalue weighted by Crippen LogP contribution is 2.25. The Kier molecular flexibility index (Phi) is 39.0. The molecule has 394 valence electrons. The fourth-order valence-electron chi connectivity index (χ4n) is 9.13. The van der Waals surface area contributed by atoms with Crippen molar-refractivity contribution in [2.45, 2.75) is 309 Å². The van der Waals surface area contributed by atoms with Gasteiger partial charge in [-0.3, -0.25) is 19.2 Å². The smallest absolute Gasteiger partial charge is 0.306 e. The van der Waals surface area contributed by atoms with Crippen molar-refractivity contribution in [3.8, 4) is 0 Å². The quantitative estimate of drug-likeness (QED) is 0.0473. The van der Waals surface area contributed by atoms with Gasteiger partial charge < -0.3 is 29.2 Å². The lowest BCUT2D eigenvalue weighted by molar-refractivity contribution is -0.150. The average molecular weight is 949 g/mol. The molecule has 1 rings (SSSR count). The summed E-state index contributed by atoms with van der Waals surface area (Å²) in [5.74, 6) is -0.841. The highest BCUT2D eigenvalue weighted by molar-refractivity contribution is 5.81. The van der Waals surface area contributed by atoms with Crippen LogP contribution < -0.4 is 5.32 Å². The normalized spacial score (nSPS) is 16.0. The summed E-state index contributed by atoms with van der Waals surface area (Å²) in [6.45, 7) is 14.2. The van der Waals surface area contributed by atoms with E-state index in [9.17, 15) is 19.2 Å². The zero-order valence-corrected chi connectivity index (χ0v) is 45.1. The lowest BCUT2D eigenvalue weighted by Crippen LogP contribution is -2.39. The highest BCUT2D eigenvalue weighted by atomic mass is 16.6. The maximum Gasteiger partial charge on any atom is 0.306 e. The Labute approximate surface area is 413 Å². The van der Waals surface area contributed by atoms with Crippen LogP contribution in [0, 0.1) is 0 Å². The molecule has 10 nitrogen and oxygen atoms in total. The molecule has 0 radical (unpaired) electrons. The van der Waals surface area contributed by atoms with Crippen LogP contribution in [0.4, 0.5) is 0 Å². The van der Waals surface area contributed by atoms with Crippen molar-refractivity contribution < 1.29 is 38.1 Å². The van der Waals surface area contributed by atoms with Crippen molar-refractivity contribution in [2.24, 2.45) is 0 Å². The van der Waals surface area contributed by atoms with Crippen molar-refractivity contribution in [1.82, 2.24) is 10.2 Å². The van der Waals surface area contributed by atoms with Crippen molar-refractivity contribution in [2.75, 3.05) is 33.4 Å². The first-order chi connectivity index (χ1) is 32.4. The van der Waals surface area contributed by atoms with Crippen LogP contribution in [0.1, 0.15) is 286 Å². The number of unbranched alkanes of at least 4 members (excludes halogenated alkanes) is 28. The van der Waals surface area contributed by atoms with Crippen LogP contribution in [-0.4, -0.2) is 85.4 Å². The Hall–Kier alpha value is -2.20. The number of likely N-dealkylation sites (tertiary alicyclic amines) is 1. The van der Waals surface area contributed by atoms with E-state index >= 15 is 0 Å². The second-order valence-electron chi connectivity index (χ2n) is 21.1. The van der Waals surface area contributed by atoms with Crippen molar-refractivity contribution in [3.05, 3.63) is 0 Å². The summed E-state index contributed by atoms with van der Waals surface area (Å²) in [6.07, 6.45) is 41.3. The monoisotopic (exact) mass is 949 g/mol. The Bertz CT molecular complexity index is 1220. The van der Waals surface area contributed by atoms with E-state index in [1.165, 1.54) is 154 Å². The highest BCUT2D eigenvalue weighted by Gasteiger charge is 2.38. The summed E-state index contributed by atoms with van der Waals surface area (Å²) < 4.78 is 23.3. The molecule has 0 aromatic heterocycles. The number of esters is 2. The molecule has 1 unspecified atom stereocenters. The molecule has 3 atom stereocenters. The Morgan fingerprint density at radius 3 is 1.45 bits per heavy atom. The number of rotatable bonds is 47. The molecule has 1 aliphatic heterocycles. The fourth-order valence-corrected chi connectivity index (χ4v) is 9.13. The van der Waals surface area contributed by atoms with Gasteiger partial charge >= 0.3 is 11.9 Å². The number of nitrogens with zero attached hydrogens (tertiary/aromatic N) is 1. The van der Waals surface area contributed by atoms with E-state index in [-0.39, 0.29) is 61.0 Å². The number of ether oxygens (including phenoxy) is 4. The average Bonchev–Trinajstić information content (AvgIpc) is 3.72. The molecule has 0 aliphatic carbocycles. The van der Waals surface area contributed by atoms with Gasteiger partial charge in [0.05, 0.1) is 36.8 Å². The molecule has 0 bridgehead atoms. The van der Waals surface area contributed by atoms with E-state index in [4.69, 9.17) is 18.9 Å². The lowest BCUT2D eigenvalue weighted by Gasteiger charge is -2.33. The van der Waals surface area contributed by atoms with Crippen LogP contribution in [0.3, 0.4) is 0 Å². The van der Waals surface area contributed by atoms with Crippen LogP contribution in [-0.2, 0) is 38.1 Å². The first kappa shape index (κ1) is 62.8. The largest absolute Gasteiger partial charge is 0.463 e. The van der Waals surface area contributed by atoms with Crippen molar-refractivity contribution >= 4 is 23.8 Å². The molecule has 0 saturated carbocycles. The number of amides is 2. The molecule has 2 amide bonds. The molecular formula is C57H108N2O8. The summed E-state index contributed by atoms with van der Waals surface area (Å²) in [7, 11) is 1.70. The van der Waals surface area contributed by atoms with Gasteiger partial charge in [-0.15, -0.1) is 0 Å². The van der Waals surface area contributed by atoms with Crippen LogP contribution >= 0.6 is 0 Å². The van der Waals surface area contributed by atoms with Gasteiger partial charge in [-0.2, -0.15) is 0 Å². The molecule has 1 saturated heterocycles. The maximum atomic E-state index is 13.6. The summed E-state index contributed by atoms with van der Waals surface area (Å²) in [5.41, 5.74) is -0.676. The van der Waals surface area contributed by atoms with Gasteiger partial charge in [0, 0.05) is 39.3 Å². The van der Waals surface area contributed by atoms with Crippen LogP contribution in [0.5, 0.6) is 0 Å². The Balaban J connectivity index is 2.46. The number of hydrogen-bond acceptors (Lipinski definition) is 8. The van der Waals surface area contributed by atoms with E-state index in [1.54, 1.807) is 12.0 Å². The lowest BCUT2D eigenvalue weighted by atomic mass is 10.0. The predicted octanol–water partition coefficient (Wildman–Crippen LogP) is 14.9. The maximum absolute atomic E-state index is 13.6. The molecule has 1 heterocycles. The van der Waals surface area contributed by atoms with Gasteiger partial charge in [-0.25, -0.2) is 0 Å². The second kappa shape index (κ2) is 41.6. The summed E-state index contributed by atoms with van der Waals surface area (Å²) in [5, 5.41) is 2.92. The zero-order chi connectivity index (χ0) is 49.3. The van der Waals surface area contributed by atoms with Gasteiger partial charge in [0.25, 0.3) is 0 Å². The third kappa shape index (κ3) is 35.5. The first-order valence-electron chi connectivity index (χ1n) is 28.5. The summed E-state index contributed by atoms with van der Waals surface area (Å²) >= 11 is 0. The van der Waals surface area contributed by atoms with Gasteiger partial charge in [-0.05, 0) is 52.9 Å². The second-order valence-corrected chi connectivity index (χ2v) is 21.1.